The molecular formula is C37H40N6O5S. The van der Waals surface area contributed by atoms with E-state index in [4.69, 9.17) is 14.5 Å². The molecule has 2 aromatic heterocycles. The number of carbonyl (C=O) groups is 1. The van der Waals surface area contributed by atoms with Crippen LogP contribution in [0.15, 0.2) is 91.3 Å². The van der Waals surface area contributed by atoms with Crippen LogP contribution < -0.4 is 14.8 Å². The number of sulfonamides is 1. The normalized spacial score (nSPS) is 15.1. The summed E-state index contributed by atoms with van der Waals surface area (Å²) in [5.74, 6) is 1.18. The maximum atomic E-state index is 13.2. The molecule has 49 heavy (non-hydrogen) atoms. The molecule has 0 saturated carbocycles. The van der Waals surface area contributed by atoms with Crippen LogP contribution in [-0.4, -0.2) is 59.1 Å². The number of aryl methyl sites for hydroxylation is 1. The number of anilines is 2. The predicted molar refractivity (Wildman–Crippen MR) is 191 cm³/mol. The van der Waals surface area contributed by atoms with E-state index in [-0.39, 0.29) is 17.9 Å². The maximum absolute atomic E-state index is 13.2. The van der Waals surface area contributed by atoms with Crippen molar-refractivity contribution >= 4 is 38.5 Å². The van der Waals surface area contributed by atoms with Crippen LogP contribution in [-0.2, 0) is 20.5 Å². The number of fused-ring (bicyclic) bond motifs is 1. The summed E-state index contributed by atoms with van der Waals surface area (Å²) in [7, 11) is -3.69. The zero-order valence-electron chi connectivity index (χ0n) is 28.0. The number of pyridine rings is 1. The van der Waals surface area contributed by atoms with Crippen molar-refractivity contribution in [1.82, 2.24) is 19.9 Å². The van der Waals surface area contributed by atoms with Gasteiger partial charge in [-0.05, 0) is 75.9 Å². The average molecular weight is 681 g/mol. The third kappa shape index (κ3) is 8.44. The molecule has 0 aliphatic carbocycles. The van der Waals surface area contributed by atoms with Crippen LogP contribution in [0.1, 0.15) is 44.7 Å². The van der Waals surface area contributed by atoms with E-state index in [0.717, 1.165) is 23.8 Å². The average Bonchev–Trinajstić information content (AvgIpc) is 3.06. The van der Waals surface area contributed by atoms with Crippen LogP contribution in [0.25, 0.3) is 22.0 Å². The fourth-order valence-electron chi connectivity index (χ4n) is 5.82. The fraction of sp³-hybridized carbons (Fsp3) is 0.297. The van der Waals surface area contributed by atoms with Crippen LogP contribution >= 0.6 is 0 Å². The highest BCUT2D eigenvalue weighted by Crippen LogP contribution is 2.40. The van der Waals surface area contributed by atoms with Gasteiger partial charge in [-0.25, -0.2) is 28.2 Å². The molecule has 1 atom stereocenters. The van der Waals surface area contributed by atoms with Gasteiger partial charge in [0.25, 0.3) is 0 Å². The Morgan fingerprint density at radius 1 is 0.959 bits per heavy atom. The monoisotopic (exact) mass is 680 g/mol. The summed E-state index contributed by atoms with van der Waals surface area (Å²) in [4.78, 5) is 28.2. The van der Waals surface area contributed by atoms with Crippen molar-refractivity contribution < 1.29 is 22.7 Å². The fourth-order valence-corrected chi connectivity index (χ4v) is 7.02. The van der Waals surface area contributed by atoms with Crippen LogP contribution in [0.4, 0.5) is 16.4 Å². The molecule has 0 bridgehead atoms. The van der Waals surface area contributed by atoms with Crippen molar-refractivity contribution in [2.24, 2.45) is 0 Å². The minimum Gasteiger partial charge on any atom is -0.444 e. The number of likely N-dealkylation sites (tertiary alicyclic amines) is 1. The summed E-state index contributed by atoms with van der Waals surface area (Å²) < 4.78 is 41.2. The molecule has 5 aromatic rings. The number of piperidine rings is 1. The van der Waals surface area contributed by atoms with Crippen molar-refractivity contribution in [2.75, 3.05) is 23.1 Å². The highest BCUT2D eigenvalue weighted by Gasteiger charge is 2.28. The predicted octanol–water partition coefficient (Wildman–Crippen LogP) is 7.55. The highest BCUT2D eigenvalue weighted by molar-refractivity contribution is 7.91. The summed E-state index contributed by atoms with van der Waals surface area (Å²) in [6.07, 6.45) is 4.69. The first kappa shape index (κ1) is 33.7. The molecule has 3 aromatic carbocycles. The van der Waals surface area contributed by atoms with E-state index in [1.807, 2.05) is 82.3 Å². The van der Waals surface area contributed by atoms with Gasteiger partial charge in [-0.15, -0.1) is 0 Å². The van der Waals surface area contributed by atoms with Gasteiger partial charge in [-0.3, -0.25) is 4.72 Å². The van der Waals surface area contributed by atoms with Gasteiger partial charge in [0.15, 0.2) is 0 Å². The first-order chi connectivity index (χ1) is 23.4. The molecule has 0 unspecified atom stereocenters. The Labute approximate surface area is 286 Å². The molecule has 1 saturated heterocycles. The number of ether oxygens (including phenoxy) is 2. The lowest BCUT2D eigenvalue weighted by Gasteiger charge is -2.34. The largest absolute Gasteiger partial charge is 0.444 e. The molecule has 1 fully saturated rings. The Hall–Kier alpha value is -5.23. The standard InChI is InChI=1S/C37H40N6O5S/c1-25-22-32(42-49(45,46)24-26-12-6-5-7-13-26)28-15-8-9-16-29(28)33(25)47-34-30(17-10-19-38-34)31-18-20-39-35(41-31)40-27-14-11-21-43(23-27)36(44)48-37(2,3)4/h5-10,12-13,15-20,22,27,42H,11,14,21,23-24H2,1-4H3,(H,39,40,41)/t27-/m0/s1. The van der Waals surface area contributed by atoms with Crippen molar-refractivity contribution in [1.29, 1.82) is 0 Å². The summed E-state index contributed by atoms with van der Waals surface area (Å²) in [6, 6.07) is 23.8. The lowest BCUT2D eigenvalue weighted by atomic mass is 10.0. The van der Waals surface area contributed by atoms with E-state index in [2.05, 4.69) is 20.0 Å². The van der Waals surface area contributed by atoms with Gasteiger partial charge in [0.05, 0.1) is 22.7 Å². The van der Waals surface area contributed by atoms with Gasteiger partial charge >= 0.3 is 6.09 Å². The van der Waals surface area contributed by atoms with E-state index < -0.39 is 15.6 Å². The summed E-state index contributed by atoms with van der Waals surface area (Å²) >= 11 is 0. The zero-order valence-corrected chi connectivity index (χ0v) is 28.8. The minimum absolute atomic E-state index is 0.0428. The second kappa shape index (κ2) is 14.1. The minimum atomic E-state index is -3.69. The van der Waals surface area contributed by atoms with Gasteiger partial charge < -0.3 is 19.7 Å². The molecule has 2 N–H and O–H groups in total. The Kier molecular flexibility index (Phi) is 9.68. The quantitative estimate of drug-likeness (QED) is 0.162. The number of hydrogen-bond donors (Lipinski definition) is 2. The molecule has 1 amide bonds. The van der Waals surface area contributed by atoms with Crippen LogP contribution in [0.3, 0.4) is 0 Å². The molecule has 3 heterocycles. The summed E-state index contributed by atoms with van der Waals surface area (Å²) in [5, 5.41) is 4.82. The van der Waals surface area contributed by atoms with Crippen LogP contribution in [0.5, 0.6) is 11.6 Å². The number of carbonyl (C=O) groups excluding carboxylic acids is 1. The van der Waals surface area contributed by atoms with E-state index in [0.29, 0.717) is 58.6 Å². The van der Waals surface area contributed by atoms with Gasteiger partial charge in [-0.2, -0.15) is 0 Å². The zero-order chi connectivity index (χ0) is 34.6. The number of nitrogens with zero attached hydrogens (tertiary/aromatic N) is 4. The van der Waals surface area contributed by atoms with Gasteiger partial charge in [-0.1, -0.05) is 54.6 Å². The molecule has 6 rings (SSSR count). The topological polar surface area (TPSA) is 136 Å². The summed E-state index contributed by atoms with van der Waals surface area (Å²) in [5.41, 5.74) is 2.59. The first-order valence-electron chi connectivity index (χ1n) is 16.2. The molecular weight excluding hydrogens is 641 g/mol. The van der Waals surface area contributed by atoms with Gasteiger partial charge in [0.1, 0.15) is 11.4 Å². The SMILES string of the molecule is Cc1cc(NS(=O)(=O)Cc2ccccc2)c2ccccc2c1Oc1ncccc1-c1ccnc(N[C@H]2CCCN(C(=O)OC(C)(C)C)C2)n1. The number of rotatable bonds is 9. The van der Waals surface area contributed by atoms with Gasteiger partial charge in [0, 0.05) is 42.3 Å². The number of nitrogens with one attached hydrogen (secondary N) is 2. The first-order valence-corrected chi connectivity index (χ1v) is 17.9. The summed E-state index contributed by atoms with van der Waals surface area (Å²) in [6.45, 7) is 8.57. The molecule has 254 valence electrons. The Morgan fingerprint density at radius 3 is 2.49 bits per heavy atom. The lowest BCUT2D eigenvalue weighted by Crippen LogP contribution is -2.47. The highest BCUT2D eigenvalue weighted by atomic mass is 32.2. The molecule has 0 spiro atoms. The van der Waals surface area contributed by atoms with E-state index in [9.17, 15) is 13.2 Å². The smallest absolute Gasteiger partial charge is 0.410 e. The Morgan fingerprint density at radius 2 is 1.71 bits per heavy atom. The number of amides is 1. The Balaban J connectivity index is 1.24. The Bertz CT molecular complexity index is 2070. The van der Waals surface area contributed by atoms with E-state index in [1.165, 1.54) is 0 Å². The van der Waals surface area contributed by atoms with Crippen LogP contribution in [0.2, 0.25) is 0 Å². The van der Waals surface area contributed by atoms with E-state index >= 15 is 0 Å². The number of benzene rings is 3. The molecule has 11 nitrogen and oxygen atoms in total. The molecule has 1 aliphatic heterocycles. The molecule has 1 aliphatic rings. The van der Waals surface area contributed by atoms with Crippen LogP contribution in [0, 0.1) is 6.92 Å². The second-order valence-electron chi connectivity index (χ2n) is 13.1. The number of hydrogen-bond acceptors (Lipinski definition) is 9. The van der Waals surface area contributed by atoms with E-state index in [1.54, 1.807) is 41.6 Å². The molecule has 12 heteroatoms. The molecule has 0 radical (unpaired) electrons. The third-order valence-corrected chi connectivity index (χ3v) is 9.20. The number of aromatic nitrogens is 3. The second-order valence-corrected chi connectivity index (χ2v) is 14.8. The van der Waals surface area contributed by atoms with Crippen molar-refractivity contribution in [3.63, 3.8) is 0 Å². The lowest BCUT2D eigenvalue weighted by molar-refractivity contribution is 0.0206. The van der Waals surface area contributed by atoms with Crippen molar-refractivity contribution in [3.05, 3.63) is 102 Å². The van der Waals surface area contributed by atoms with Crippen molar-refractivity contribution in [2.45, 2.75) is 57.9 Å². The van der Waals surface area contributed by atoms with Crippen molar-refractivity contribution in [3.8, 4) is 22.9 Å². The van der Waals surface area contributed by atoms with Gasteiger partial charge in [0.2, 0.25) is 21.9 Å². The maximum Gasteiger partial charge on any atom is 0.410 e. The third-order valence-electron chi connectivity index (χ3n) is 7.95.